The van der Waals surface area contributed by atoms with Gasteiger partial charge in [0.1, 0.15) is 16.7 Å². The van der Waals surface area contributed by atoms with Crippen molar-refractivity contribution in [3.63, 3.8) is 0 Å². The Balaban J connectivity index is 1.17. The maximum Gasteiger partial charge on any atom is 0.159 e. The minimum atomic E-state index is -0.104. The smallest absolute Gasteiger partial charge is 0.159 e. The summed E-state index contributed by atoms with van der Waals surface area (Å²) in [5.41, 5.74) is 14.2. The molecular formula is C45H31NO2. The van der Waals surface area contributed by atoms with Crippen LogP contribution in [0.15, 0.2) is 160 Å². The summed E-state index contributed by atoms with van der Waals surface area (Å²) in [4.78, 5) is 2.33. The highest BCUT2D eigenvalue weighted by atomic mass is 16.3. The van der Waals surface area contributed by atoms with Crippen LogP contribution in [0.25, 0.3) is 66.1 Å². The summed E-state index contributed by atoms with van der Waals surface area (Å²) in [7, 11) is 0. The first-order valence-corrected chi connectivity index (χ1v) is 16.5. The predicted octanol–water partition coefficient (Wildman–Crippen LogP) is 12.9. The van der Waals surface area contributed by atoms with Gasteiger partial charge in [-0.3, -0.25) is 0 Å². The van der Waals surface area contributed by atoms with Gasteiger partial charge in [0.15, 0.2) is 5.58 Å². The van der Waals surface area contributed by atoms with E-state index in [4.69, 9.17) is 8.83 Å². The van der Waals surface area contributed by atoms with Crippen LogP contribution in [0, 0.1) is 0 Å². The first-order valence-electron chi connectivity index (χ1n) is 16.5. The maximum atomic E-state index is 6.85. The van der Waals surface area contributed by atoms with E-state index in [0.29, 0.717) is 0 Å². The van der Waals surface area contributed by atoms with E-state index in [1.54, 1.807) is 0 Å². The highest BCUT2D eigenvalue weighted by molar-refractivity contribution is 6.17. The summed E-state index contributed by atoms with van der Waals surface area (Å²) in [5, 5.41) is 4.24. The zero-order chi connectivity index (χ0) is 32.0. The molecule has 0 spiro atoms. The highest BCUT2D eigenvalue weighted by Gasteiger charge is 2.36. The number of hydrogen-bond donors (Lipinski definition) is 0. The Labute approximate surface area is 278 Å². The minimum Gasteiger partial charge on any atom is -0.456 e. The molecule has 0 N–H and O–H groups in total. The third-order valence-electron chi connectivity index (χ3n) is 10.3. The Bertz CT molecular complexity index is 2700. The van der Waals surface area contributed by atoms with E-state index in [2.05, 4.69) is 164 Å². The van der Waals surface area contributed by atoms with Crippen LogP contribution >= 0.6 is 0 Å². The maximum absolute atomic E-state index is 6.85. The number of fused-ring (bicyclic) bond motifs is 9. The number of rotatable bonds is 4. The molecule has 10 rings (SSSR count). The van der Waals surface area contributed by atoms with Gasteiger partial charge in [-0.15, -0.1) is 0 Å². The predicted molar refractivity (Wildman–Crippen MR) is 199 cm³/mol. The molecule has 228 valence electrons. The molecule has 2 aromatic heterocycles. The van der Waals surface area contributed by atoms with Crippen molar-refractivity contribution in [2.24, 2.45) is 0 Å². The number of nitrogens with zero attached hydrogens (tertiary/aromatic N) is 1. The summed E-state index contributed by atoms with van der Waals surface area (Å²) < 4.78 is 13.3. The van der Waals surface area contributed by atoms with Gasteiger partial charge in [-0.2, -0.15) is 0 Å². The first-order chi connectivity index (χ1) is 23.5. The van der Waals surface area contributed by atoms with Crippen LogP contribution in [0.4, 0.5) is 17.1 Å². The fourth-order valence-electron chi connectivity index (χ4n) is 7.87. The summed E-state index contributed by atoms with van der Waals surface area (Å²) in [6, 6.07) is 53.9. The second-order valence-electron chi connectivity index (χ2n) is 13.4. The van der Waals surface area contributed by atoms with Gasteiger partial charge < -0.3 is 13.7 Å². The van der Waals surface area contributed by atoms with Crippen LogP contribution in [-0.4, -0.2) is 0 Å². The van der Waals surface area contributed by atoms with Gasteiger partial charge in [0.25, 0.3) is 0 Å². The zero-order valence-electron chi connectivity index (χ0n) is 26.7. The Hall–Kier alpha value is -6.06. The van der Waals surface area contributed by atoms with Crippen molar-refractivity contribution in [3.8, 4) is 22.3 Å². The molecule has 0 saturated heterocycles. The van der Waals surface area contributed by atoms with Crippen molar-refractivity contribution in [2.45, 2.75) is 19.3 Å². The third kappa shape index (κ3) is 3.88. The van der Waals surface area contributed by atoms with Crippen molar-refractivity contribution in [2.75, 3.05) is 4.90 Å². The lowest BCUT2D eigenvalue weighted by Gasteiger charge is -2.28. The second kappa shape index (κ2) is 9.97. The summed E-state index contributed by atoms with van der Waals surface area (Å²) in [6.07, 6.45) is 0. The molecule has 2 heterocycles. The van der Waals surface area contributed by atoms with E-state index < -0.39 is 0 Å². The van der Waals surface area contributed by atoms with Gasteiger partial charge in [-0.05, 0) is 88.0 Å². The van der Waals surface area contributed by atoms with Gasteiger partial charge in [-0.1, -0.05) is 111 Å². The number of furan rings is 2. The molecule has 0 saturated carbocycles. The van der Waals surface area contributed by atoms with Crippen molar-refractivity contribution < 1.29 is 8.83 Å². The van der Waals surface area contributed by atoms with Gasteiger partial charge in [0.2, 0.25) is 0 Å². The van der Waals surface area contributed by atoms with Crippen LogP contribution in [0.2, 0.25) is 0 Å². The van der Waals surface area contributed by atoms with Gasteiger partial charge in [0.05, 0.1) is 5.69 Å². The van der Waals surface area contributed by atoms with Gasteiger partial charge in [-0.25, -0.2) is 0 Å². The molecule has 9 aromatic rings. The summed E-state index contributed by atoms with van der Waals surface area (Å²) in [5.74, 6) is 0. The lowest BCUT2D eigenvalue weighted by molar-refractivity contribution is 0.660. The summed E-state index contributed by atoms with van der Waals surface area (Å²) >= 11 is 0. The van der Waals surface area contributed by atoms with Crippen LogP contribution in [0.3, 0.4) is 0 Å². The van der Waals surface area contributed by atoms with E-state index >= 15 is 0 Å². The Kier molecular flexibility index (Phi) is 5.63. The van der Waals surface area contributed by atoms with Crippen LogP contribution in [-0.2, 0) is 5.41 Å². The Morgan fingerprint density at radius 2 is 1.12 bits per heavy atom. The molecule has 3 heteroatoms. The molecule has 0 amide bonds. The fourth-order valence-corrected chi connectivity index (χ4v) is 7.87. The van der Waals surface area contributed by atoms with Crippen molar-refractivity contribution >= 4 is 60.9 Å². The molecule has 0 atom stereocenters. The van der Waals surface area contributed by atoms with E-state index in [0.717, 1.165) is 66.5 Å². The second-order valence-corrected chi connectivity index (χ2v) is 13.4. The molecule has 1 aliphatic rings. The molecule has 1 aliphatic carbocycles. The molecule has 0 aliphatic heterocycles. The Morgan fingerprint density at radius 1 is 0.438 bits per heavy atom. The normalized spacial score (nSPS) is 13.4. The van der Waals surface area contributed by atoms with Crippen LogP contribution in [0.5, 0.6) is 0 Å². The van der Waals surface area contributed by atoms with Crippen LogP contribution < -0.4 is 4.90 Å². The van der Waals surface area contributed by atoms with E-state index in [9.17, 15) is 0 Å². The minimum absolute atomic E-state index is 0.104. The number of hydrogen-bond acceptors (Lipinski definition) is 3. The molecule has 0 bridgehead atoms. The van der Waals surface area contributed by atoms with Gasteiger partial charge in [0, 0.05) is 38.3 Å². The molecular weight excluding hydrogens is 587 g/mol. The van der Waals surface area contributed by atoms with Crippen molar-refractivity contribution in [1.82, 2.24) is 0 Å². The molecule has 0 radical (unpaired) electrons. The van der Waals surface area contributed by atoms with E-state index in [1.165, 1.54) is 27.8 Å². The standard InChI is InChI=1S/C45H31NO2/c1-45(2)38-18-10-9-16-32(38)33-22-21-31(25-39(33)45)46(30-14-7-4-8-15-30)40-19-11-17-34-36-26-42-37(27-43(36)48-44(34)40)35-24-29(20-23-41(35)47-42)28-12-5-3-6-13-28/h3-27H,1-2H3. The van der Waals surface area contributed by atoms with Crippen LogP contribution in [0.1, 0.15) is 25.0 Å². The number of benzene rings is 7. The highest BCUT2D eigenvalue weighted by Crippen LogP contribution is 2.51. The SMILES string of the molecule is CC1(C)c2ccccc2-c2ccc(N(c3ccccc3)c3cccc4c3oc3cc5c(cc34)oc3ccc(-c4ccccc4)cc35)cc21. The van der Waals surface area contributed by atoms with E-state index in [1.807, 2.05) is 6.07 Å². The molecule has 3 nitrogen and oxygen atoms in total. The Morgan fingerprint density at radius 3 is 1.96 bits per heavy atom. The van der Waals surface area contributed by atoms with Crippen molar-refractivity contribution in [1.29, 1.82) is 0 Å². The third-order valence-corrected chi connectivity index (χ3v) is 10.3. The largest absolute Gasteiger partial charge is 0.456 e. The average Bonchev–Trinajstić information content (AvgIpc) is 3.75. The monoisotopic (exact) mass is 617 g/mol. The molecule has 7 aromatic carbocycles. The lowest BCUT2D eigenvalue weighted by Crippen LogP contribution is -2.16. The molecule has 0 unspecified atom stereocenters. The quantitative estimate of drug-likeness (QED) is 0.197. The first kappa shape index (κ1) is 27.1. The molecule has 0 fully saturated rings. The molecule has 48 heavy (non-hydrogen) atoms. The fraction of sp³-hybridized carbons (Fsp3) is 0.0667. The topological polar surface area (TPSA) is 29.5 Å². The van der Waals surface area contributed by atoms with Crippen molar-refractivity contribution in [3.05, 3.63) is 163 Å². The summed E-state index contributed by atoms with van der Waals surface area (Å²) in [6.45, 7) is 4.66. The van der Waals surface area contributed by atoms with Gasteiger partial charge >= 0.3 is 0 Å². The number of para-hydroxylation sites is 2. The van der Waals surface area contributed by atoms with E-state index in [-0.39, 0.29) is 5.41 Å². The zero-order valence-corrected chi connectivity index (χ0v) is 26.7. The average molecular weight is 618 g/mol. The lowest BCUT2D eigenvalue weighted by atomic mass is 9.82. The number of anilines is 3.